The van der Waals surface area contributed by atoms with Gasteiger partial charge < -0.3 is 9.30 Å². The highest BCUT2D eigenvalue weighted by Gasteiger charge is 2.18. The smallest absolute Gasteiger partial charge is 0.297 e. The quantitative estimate of drug-likeness (QED) is 0.587. The lowest BCUT2D eigenvalue weighted by Crippen LogP contribution is -2.00. The number of nitro groups is 1. The lowest BCUT2D eigenvalue weighted by Gasteiger charge is -2.09. The Hall–Kier alpha value is -2.30. The molecule has 0 spiro atoms. The number of ether oxygens (including phenoxy) is 1. The molecule has 0 atom stereocenters. The van der Waals surface area contributed by atoms with Gasteiger partial charge in [0.25, 0.3) is 5.69 Å². The van der Waals surface area contributed by atoms with Crippen molar-refractivity contribution in [3.05, 3.63) is 52.8 Å². The highest BCUT2D eigenvalue weighted by atomic mass is 16.6. The van der Waals surface area contributed by atoms with Crippen molar-refractivity contribution in [3.63, 3.8) is 0 Å². The zero-order valence-corrected chi connectivity index (χ0v) is 8.66. The normalized spacial score (nSPS) is 10.1. The fourth-order valence-corrected chi connectivity index (χ4v) is 1.57. The minimum absolute atomic E-state index is 0.0237. The molecule has 0 aliphatic rings. The summed E-state index contributed by atoms with van der Waals surface area (Å²) in [7, 11) is 1.49. The molecule has 0 N–H and O–H groups in total. The molecule has 2 rings (SSSR count). The molecule has 5 nitrogen and oxygen atoms in total. The number of hydrogen-bond acceptors (Lipinski definition) is 3. The minimum Gasteiger partial charge on any atom is -0.494 e. The van der Waals surface area contributed by atoms with E-state index in [4.69, 9.17) is 4.74 Å². The standard InChI is InChI=1S/C11H10N2O3/c1-16-10-6-4-5-9(13(14)15)11(10)12-7-2-3-8-12/h2-8H,1H3. The van der Waals surface area contributed by atoms with E-state index in [-0.39, 0.29) is 5.69 Å². The van der Waals surface area contributed by atoms with E-state index in [9.17, 15) is 10.1 Å². The molecule has 2 aromatic rings. The van der Waals surface area contributed by atoms with Gasteiger partial charge in [0, 0.05) is 18.5 Å². The van der Waals surface area contributed by atoms with Crippen LogP contribution in [-0.4, -0.2) is 16.6 Å². The second kappa shape index (κ2) is 4.06. The van der Waals surface area contributed by atoms with Gasteiger partial charge in [-0.2, -0.15) is 0 Å². The van der Waals surface area contributed by atoms with Crippen molar-refractivity contribution in [2.45, 2.75) is 0 Å². The summed E-state index contributed by atoms with van der Waals surface area (Å²) in [4.78, 5) is 10.5. The molecule has 1 aromatic carbocycles. The van der Waals surface area contributed by atoms with Crippen molar-refractivity contribution >= 4 is 5.69 Å². The highest BCUT2D eigenvalue weighted by Crippen LogP contribution is 2.31. The molecule has 0 radical (unpaired) electrons. The molecule has 0 saturated heterocycles. The van der Waals surface area contributed by atoms with Crippen LogP contribution in [-0.2, 0) is 0 Å². The Morgan fingerprint density at radius 1 is 1.25 bits per heavy atom. The summed E-state index contributed by atoms with van der Waals surface area (Å²) in [6.45, 7) is 0. The largest absolute Gasteiger partial charge is 0.494 e. The van der Waals surface area contributed by atoms with Crippen molar-refractivity contribution in [1.29, 1.82) is 0 Å². The molecule has 1 aromatic heterocycles. The van der Waals surface area contributed by atoms with Gasteiger partial charge in [0.15, 0.2) is 5.69 Å². The van der Waals surface area contributed by atoms with E-state index in [1.807, 2.05) is 0 Å². The number of aromatic nitrogens is 1. The first-order valence-corrected chi connectivity index (χ1v) is 4.69. The Morgan fingerprint density at radius 3 is 2.50 bits per heavy atom. The minimum atomic E-state index is -0.419. The number of nitrogens with zero attached hydrogens (tertiary/aromatic N) is 2. The summed E-state index contributed by atoms with van der Waals surface area (Å²) in [5.74, 6) is 0.477. The van der Waals surface area contributed by atoms with Gasteiger partial charge in [-0.05, 0) is 18.2 Å². The maximum Gasteiger partial charge on any atom is 0.297 e. The molecular weight excluding hydrogens is 208 g/mol. The van der Waals surface area contributed by atoms with Gasteiger partial charge in [0.1, 0.15) is 5.75 Å². The molecule has 0 fully saturated rings. The number of benzene rings is 1. The second-order valence-corrected chi connectivity index (χ2v) is 3.18. The third-order valence-corrected chi connectivity index (χ3v) is 2.26. The monoisotopic (exact) mass is 218 g/mol. The molecule has 0 unspecified atom stereocenters. The Labute approximate surface area is 92.0 Å². The van der Waals surface area contributed by atoms with E-state index in [2.05, 4.69) is 0 Å². The molecule has 1 heterocycles. The van der Waals surface area contributed by atoms with E-state index in [0.29, 0.717) is 11.4 Å². The van der Waals surface area contributed by atoms with Crippen LogP contribution in [0.3, 0.4) is 0 Å². The SMILES string of the molecule is COc1cccc([N+](=O)[O-])c1-n1cccc1. The van der Waals surface area contributed by atoms with Crippen molar-refractivity contribution in [1.82, 2.24) is 4.57 Å². The first-order valence-electron chi connectivity index (χ1n) is 4.69. The van der Waals surface area contributed by atoms with Crippen molar-refractivity contribution in [2.75, 3.05) is 7.11 Å². The zero-order chi connectivity index (χ0) is 11.5. The fourth-order valence-electron chi connectivity index (χ4n) is 1.57. The van der Waals surface area contributed by atoms with E-state index in [0.717, 1.165) is 0 Å². The van der Waals surface area contributed by atoms with Gasteiger partial charge in [0.2, 0.25) is 0 Å². The number of para-hydroxylation sites is 1. The fraction of sp³-hybridized carbons (Fsp3) is 0.0909. The van der Waals surface area contributed by atoms with Crippen LogP contribution >= 0.6 is 0 Å². The molecule has 82 valence electrons. The van der Waals surface area contributed by atoms with E-state index in [1.165, 1.54) is 13.2 Å². The first-order chi connectivity index (χ1) is 7.74. The summed E-state index contributed by atoms with van der Waals surface area (Å²) in [5, 5.41) is 10.9. The Balaban J connectivity index is 2.68. The van der Waals surface area contributed by atoms with Gasteiger partial charge >= 0.3 is 0 Å². The van der Waals surface area contributed by atoms with Crippen LogP contribution in [0.25, 0.3) is 5.69 Å². The molecule has 0 bridgehead atoms. The highest BCUT2D eigenvalue weighted by molar-refractivity contribution is 5.61. The maximum atomic E-state index is 10.9. The third kappa shape index (κ3) is 1.63. The lowest BCUT2D eigenvalue weighted by atomic mass is 10.2. The van der Waals surface area contributed by atoms with Gasteiger partial charge in [-0.25, -0.2) is 0 Å². The number of hydrogen-bond donors (Lipinski definition) is 0. The zero-order valence-electron chi connectivity index (χ0n) is 8.66. The van der Waals surface area contributed by atoms with E-state index < -0.39 is 4.92 Å². The van der Waals surface area contributed by atoms with Crippen LogP contribution in [0.1, 0.15) is 0 Å². The maximum absolute atomic E-state index is 10.9. The van der Waals surface area contributed by atoms with Gasteiger partial charge in [-0.3, -0.25) is 10.1 Å². The van der Waals surface area contributed by atoms with Crippen LogP contribution in [0.2, 0.25) is 0 Å². The van der Waals surface area contributed by atoms with E-state index in [1.54, 1.807) is 41.2 Å². The topological polar surface area (TPSA) is 57.3 Å². The molecule has 0 amide bonds. The van der Waals surface area contributed by atoms with Crippen LogP contribution in [0.5, 0.6) is 5.75 Å². The molecule has 5 heteroatoms. The summed E-state index contributed by atoms with van der Waals surface area (Å²) in [6.07, 6.45) is 3.48. The van der Waals surface area contributed by atoms with E-state index >= 15 is 0 Å². The first kappa shape index (κ1) is 10.2. The summed E-state index contributed by atoms with van der Waals surface area (Å²) in [5.41, 5.74) is 0.468. The molecule has 16 heavy (non-hydrogen) atoms. The summed E-state index contributed by atoms with van der Waals surface area (Å²) in [6, 6.07) is 8.36. The third-order valence-electron chi connectivity index (χ3n) is 2.26. The summed E-state index contributed by atoms with van der Waals surface area (Å²) >= 11 is 0. The van der Waals surface area contributed by atoms with Crippen molar-refractivity contribution < 1.29 is 9.66 Å². The van der Waals surface area contributed by atoms with Crippen molar-refractivity contribution in [2.24, 2.45) is 0 Å². The van der Waals surface area contributed by atoms with Crippen LogP contribution < -0.4 is 4.74 Å². The van der Waals surface area contributed by atoms with Crippen molar-refractivity contribution in [3.8, 4) is 11.4 Å². The Kier molecular flexibility index (Phi) is 2.59. The van der Waals surface area contributed by atoms with Gasteiger partial charge in [0.05, 0.1) is 12.0 Å². The Morgan fingerprint density at radius 2 is 1.94 bits per heavy atom. The summed E-state index contributed by atoms with van der Waals surface area (Å²) < 4.78 is 6.80. The second-order valence-electron chi connectivity index (χ2n) is 3.18. The van der Waals surface area contributed by atoms with Gasteiger partial charge in [-0.15, -0.1) is 0 Å². The Bertz CT molecular complexity index is 506. The number of methoxy groups -OCH3 is 1. The average molecular weight is 218 g/mol. The predicted molar refractivity (Wildman–Crippen MR) is 59.0 cm³/mol. The molecule has 0 aliphatic heterocycles. The van der Waals surface area contributed by atoms with Gasteiger partial charge in [-0.1, -0.05) is 6.07 Å². The molecular formula is C11H10N2O3. The number of rotatable bonds is 3. The molecule has 0 aliphatic carbocycles. The van der Waals surface area contributed by atoms with Crippen LogP contribution in [0, 0.1) is 10.1 Å². The number of nitro benzene ring substituents is 1. The lowest BCUT2D eigenvalue weighted by molar-refractivity contribution is -0.384. The predicted octanol–water partition coefficient (Wildman–Crippen LogP) is 2.39. The van der Waals surface area contributed by atoms with Crippen LogP contribution in [0.4, 0.5) is 5.69 Å². The van der Waals surface area contributed by atoms with Crippen LogP contribution in [0.15, 0.2) is 42.7 Å². The average Bonchev–Trinajstić information content (AvgIpc) is 2.81. The molecule has 0 saturated carbocycles.